The molecule has 0 fully saturated rings. The van der Waals surface area contributed by atoms with Crippen LogP contribution in [0.2, 0.25) is 0 Å². The van der Waals surface area contributed by atoms with Crippen molar-refractivity contribution in [1.82, 2.24) is 0 Å². The Morgan fingerprint density at radius 2 is 1.16 bits per heavy atom. The van der Waals surface area contributed by atoms with Crippen molar-refractivity contribution in [3.8, 4) is 23.0 Å². The van der Waals surface area contributed by atoms with Crippen LogP contribution in [-0.2, 0) is 0 Å². The number of rotatable bonds is 10. The lowest BCUT2D eigenvalue weighted by Crippen LogP contribution is -2.13. The van der Waals surface area contributed by atoms with Gasteiger partial charge in [0.25, 0.3) is 0 Å². The molecule has 2 aromatic carbocycles. The fourth-order valence-electron chi connectivity index (χ4n) is 2.01. The average Bonchev–Trinajstić information content (AvgIpc) is 2.60. The lowest BCUT2D eigenvalue weighted by atomic mass is 10.2. The summed E-state index contributed by atoms with van der Waals surface area (Å²) in [6, 6.07) is 8.02. The summed E-state index contributed by atoms with van der Waals surface area (Å²) in [4.78, 5) is 0. The van der Waals surface area contributed by atoms with Gasteiger partial charge in [-0.15, -0.1) is 0 Å². The van der Waals surface area contributed by atoms with Gasteiger partial charge in [0, 0.05) is 12.1 Å². The Morgan fingerprint density at radius 3 is 1.56 bits per heavy atom. The molecule has 134 valence electrons. The highest BCUT2D eigenvalue weighted by atomic mass is 19.1. The van der Waals surface area contributed by atoms with E-state index >= 15 is 0 Å². The fourth-order valence-corrected chi connectivity index (χ4v) is 2.01. The van der Waals surface area contributed by atoms with Crippen molar-refractivity contribution in [3.63, 3.8) is 0 Å². The second kappa shape index (κ2) is 9.76. The van der Waals surface area contributed by atoms with Crippen molar-refractivity contribution >= 4 is 7.69 Å². The lowest BCUT2D eigenvalue weighted by molar-refractivity contribution is 0.297. The van der Waals surface area contributed by atoms with Crippen LogP contribution in [0.5, 0.6) is 23.0 Å². The SMILES string of the molecule is CCCOc1ccc(F)cc1OBOc1cc(F)ccc1OCCC. The minimum Gasteiger partial charge on any atom is -0.526 e. The van der Waals surface area contributed by atoms with Gasteiger partial charge in [-0.05, 0) is 37.1 Å². The second-order valence-electron chi connectivity index (χ2n) is 5.29. The van der Waals surface area contributed by atoms with E-state index in [9.17, 15) is 8.78 Å². The highest BCUT2D eigenvalue weighted by molar-refractivity contribution is 6.21. The Morgan fingerprint density at radius 1 is 0.720 bits per heavy atom. The highest BCUT2D eigenvalue weighted by Gasteiger charge is 2.12. The van der Waals surface area contributed by atoms with Crippen LogP contribution in [0, 0.1) is 11.6 Å². The van der Waals surface area contributed by atoms with Crippen LogP contribution in [0.15, 0.2) is 36.4 Å². The highest BCUT2D eigenvalue weighted by Crippen LogP contribution is 2.30. The molecule has 0 radical (unpaired) electrons. The number of benzene rings is 2. The molecule has 0 bridgehead atoms. The van der Waals surface area contributed by atoms with Crippen LogP contribution < -0.4 is 18.8 Å². The molecule has 0 aliphatic rings. The van der Waals surface area contributed by atoms with Crippen LogP contribution in [0.4, 0.5) is 8.78 Å². The van der Waals surface area contributed by atoms with Crippen molar-refractivity contribution in [2.75, 3.05) is 13.2 Å². The van der Waals surface area contributed by atoms with Gasteiger partial charge in [0.05, 0.1) is 13.2 Å². The molecule has 0 amide bonds. The lowest BCUT2D eigenvalue weighted by Gasteiger charge is -2.14. The fraction of sp³-hybridized carbons (Fsp3) is 0.333. The first kappa shape index (κ1) is 18.9. The number of ether oxygens (including phenoxy) is 2. The molecule has 2 aromatic rings. The summed E-state index contributed by atoms with van der Waals surface area (Å²) in [5.41, 5.74) is 0. The molecule has 0 saturated heterocycles. The standard InChI is InChI=1S/C18H21BF2O4/c1-3-9-22-15-7-5-13(20)11-17(15)24-19-25-18-12-14(21)6-8-16(18)23-10-4-2/h5-8,11-12,19H,3-4,9-10H2,1-2H3. The molecule has 25 heavy (non-hydrogen) atoms. The molecule has 4 nitrogen and oxygen atoms in total. The van der Waals surface area contributed by atoms with Crippen molar-refractivity contribution in [2.45, 2.75) is 26.7 Å². The first-order valence-electron chi connectivity index (χ1n) is 8.24. The summed E-state index contributed by atoms with van der Waals surface area (Å²) in [7, 11) is -0.238. The van der Waals surface area contributed by atoms with Gasteiger partial charge in [-0.1, -0.05) is 13.8 Å². The maximum absolute atomic E-state index is 13.4. The molecule has 0 aromatic heterocycles. The molecule has 0 aliphatic heterocycles. The predicted octanol–water partition coefficient (Wildman–Crippen LogP) is 4.27. The molecular weight excluding hydrogens is 329 g/mol. The maximum atomic E-state index is 13.4. The largest absolute Gasteiger partial charge is 0.576 e. The van der Waals surface area contributed by atoms with Gasteiger partial charge >= 0.3 is 7.69 Å². The third kappa shape index (κ3) is 5.85. The normalized spacial score (nSPS) is 10.2. The molecule has 0 aliphatic carbocycles. The third-order valence-electron chi connectivity index (χ3n) is 3.16. The summed E-state index contributed by atoms with van der Waals surface area (Å²) in [5.74, 6) is 0.400. The Balaban J connectivity index is 2.03. The van der Waals surface area contributed by atoms with Gasteiger partial charge in [-0.3, -0.25) is 0 Å². The zero-order chi connectivity index (χ0) is 18.1. The third-order valence-corrected chi connectivity index (χ3v) is 3.16. The van der Waals surface area contributed by atoms with Crippen LogP contribution in [0.3, 0.4) is 0 Å². The van der Waals surface area contributed by atoms with E-state index in [0.717, 1.165) is 12.8 Å². The van der Waals surface area contributed by atoms with E-state index in [1.807, 2.05) is 13.8 Å². The Labute approximate surface area is 147 Å². The monoisotopic (exact) mass is 350 g/mol. The van der Waals surface area contributed by atoms with Crippen molar-refractivity contribution in [3.05, 3.63) is 48.0 Å². The van der Waals surface area contributed by atoms with E-state index in [2.05, 4.69) is 0 Å². The van der Waals surface area contributed by atoms with Crippen LogP contribution in [0.25, 0.3) is 0 Å². The zero-order valence-electron chi connectivity index (χ0n) is 14.4. The zero-order valence-corrected chi connectivity index (χ0v) is 14.4. The quantitative estimate of drug-likeness (QED) is 0.600. The molecule has 0 unspecified atom stereocenters. The molecule has 0 N–H and O–H groups in total. The number of halogens is 2. The smallest absolute Gasteiger partial charge is 0.526 e. The average molecular weight is 350 g/mol. The van der Waals surface area contributed by atoms with Gasteiger partial charge in [0.15, 0.2) is 11.5 Å². The Bertz CT molecular complexity index is 625. The summed E-state index contributed by atoms with van der Waals surface area (Å²) in [6.07, 6.45) is 1.63. The van der Waals surface area contributed by atoms with E-state index in [1.54, 1.807) is 0 Å². The topological polar surface area (TPSA) is 36.9 Å². The number of hydrogen-bond acceptors (Lipinski definition) is 4. The van der Waals surface area contributed by atoms with Gasteiger partial charge in [0.1, 0.15) is 23.1 Å². The van der Waals surface area contributed by atoms with Gasteiger partial charge in [-0.25, -0.2) is 8.78 Å². The summed E-state index contributed by atoms with van der Waals surface area (Å²) >= 11 is 0. The minimum atomic E-state index is -0.448. The van der Waals surface area contributed by atoms with Crippen LogP contribution in [0.1, 0.15) is 26.7 Å². The molecular formula is C18H21BF2O4. The number of hydrogen-bond donors (Lipinski definition) is 0. The minimum absolute atomic E-state index is 0.223. The van der Waals surface area contributed by atoms with E-state index < -0.39 is 11.6 Å². The first-order valence-corrected chi connectivity index (χ1v) is 8.24. The molecule has 0 spiro atoms. The maximum Gasteiger partial charge on any atom is 0.576 e. The predicted molar refractivity (Wildman–Crippen MR) is 92.8 cm³/mol. The van der Waals surface area contributed by atoms with Crippen LogP contribution in [-0.4, -0.2) is 20.9 Å². The summed E-state index contributed by atoms with van der Waals surface area (Å²) in [6.45, 7) is 4.91. The van der Waals surface area contributed by atoms with Gasteiger partial charge < -0.3 is 18.8 Å². The Hall–Kier alpha value is -2.44. The van der Waals surface area contributed by atoms with Crippen molar-refractivity contribution < 1.29 is 27.6 Å². The molecule has 0 saturated carbocycles. The summed E-state index contributed by atoms with van der Waals surface area (Å²) < 4.78 is 48.8. The van der Waals surface area contributed by atoms with E-state index in [0.29, 0.717) is 24.7 Å². The van der Waals surface area contributed by atoms with E-state index in [-0.39, 0.29) is 19.2 Å². The molecule has 2 rings (SSSR count). The summed E-state index contributed by atoms with van der Waals surface area (Å²) in [5, 5.41) is 0. The van der Waals surface area contributed by atoms with Crippen molar-refractivity contribution in [1.29, 1.82) is 0 Å². The first-order chi connectivity index (χ1) is 12.1. The van der Waals surface area contributed by atoms with E-state index in [4.69, 9.17) is 18.8 Å². The molecule has 0 heterocycles. The second-order valence-corrected chi connectivity index (χ2v) is 5.29. The molecule has 7 heteroatoms. The van der Waals surface area contributed by atoms with E-state index in [1.165, 1.54) is 36.4 Å². The van der Waals surface area contributed by atoms with Gasteiger partial charge in [-0.2, -0.15) is 0 Å². The van der Waals surface area contributed by atoms with Gasteiger partial charge in [0.2, 0.25) is 0 Å². The molecule has 0 atom stereocenters. The van der Waals surface area contributed by atoms with Crippen LogP contribution >= 0.6 is 0 Å². The Kier molecular flexibility index (Phi) is 7.38. The van der Waals surface area contributed by atoms with Crippen molar-refractivity contribution in [2.24, 2.45) is 0 Å².